The van der Waals surface area contributed by atoms with Gasteiger partial charge in [0, 0.05) is 38.3 Å². The number of aliphatic hydroxyl groups excluding tert-OH is 1. The summed E-state index contributed by atoms with van der Waals surface area (Å²) in [4.78, 5) is 5.16. The Balaban J connectivity index is 1.47. The van der Waals surface area contributed by atoms with Crippen LogP contribution in [-0.2, 0) is 13.2 Å². The normalized spacial score (nSPS) is 22.4. The Hall–Kier alpha value is -2.08. The molecule has 5 nitrogen and oxygen atoms in total. The molecule has 2 aliphatic heterocycles. The second-order valence-electron chi connectivity index (χ2n) is 8.15. The third-order valence-corrected chi connectivity index (χ3v) is 6.22. The lowest BCUT2D eigenvalue weighted by Crippen LogP contribution is -2.55. The second kappa shape index (κ2) is 9.61. The molecule has 4 rings (SSSR count). The first-order valence-electron chi connectivity index (χ1n) is 10.7. The van der Waals surface area contributed by atoms with Gasteiger partial charge in [-0.1, -0.05) is 36.4 Å². The minimum atomic E-state index is 0.244. The lowest BCUT2D eigenvalue weighted by molar-refractivity contribution is 0.0333. The third kappa shape index (κ3) is 4.92. The average molecular weight is 397 g/mol. The van der Waals surface area contributed by atoms with Crippen LogP contribution in [0, 0.1) is 0 Å². The summed E-state index contributed by atoms with van der Waals surface area (Å²) in [5.74, 6) is 1.55. The van der Waals surface area contributed by atoms with Crippen LogP contribution in [-0.4, -0.2) is 60.3 Å². The first kappa shape index (κ1) is 20.2. The van der Waals surface area contributed by atoms with Crippen molar-refractivity contribution in [3.05, 3.63) is 59.7 Å². The molecule has 0 saturated carbocycles. The zero-order valence-electron chi connectivity index (χ0n) is 17.3. The number of benzene rings is 2. The highest BCUT2D eigenvalue weighted by molar-refractivity contribution is 5.43. The summed E-state index contributed by atoms with van der Waals surface area (Å²) >= 11 is 0. The highest BCUT2D eigenvalue weighted by Crippen LogP contribution is 2.31. The van der Waals surface area contributed by atoms with E-state index < -0.39 is 0 Å². The fraction of sp³-hybridized carbons (Fsp3) is 0.500. The maximum Gasteiger partial charge on any atom is 0.161 e. The van der Waals surface area contributed by atoms with Gasteiger partial charge in [-0.2, -0.15) is 0 Å². The molecule has 0 unspecified atom stereocenters. The quantitative estimate of drug-likeness (QED) is 0.742. The van der Waals surface area contributed by atoms with Crippen molar-refractivity contribution >= 4 is 0 Å². The summed E-state index contributed by atoms with van der Waals surface area (Å²) in [6, 6.07) is 17.5. The SMILES string of the molecule is COc1ccc(CN2C[C@@H]3CCCN3C[C@@H]2CCO)cc1OCc1ccccc1. The van der Waals surface area contributed by atoms with Crippen molar-refractivity contribution in [2.75, 3.05) is 33.4 Å². The lowest BCUT2D eigenvalue weighted by Gasteiger charge is -2.43. The van der Waals surface area contributed by atoms with Crippen molar-refractivity contribution in [3.63, 3.8) is 0 Å². The molecule has 0 bridgehead atoms. The Labute approximate surface area is 173 Å². The first-order valence-corrected chi connectivity index (χ1v) is 10.7. The molecule has 0 aliphatic carbocycles. The zero-order valence-corrected chi connectivity index (χ0v) is 17.3. The number of piperazine rings is 1. The van der Waals surface area contributed by atoms with Crippen molar-refractivity contribution in [3.8, 4) is 11.5 Å². The molecule has 29 heavy (non-hydrogen) atoms. The minimum absolute atomic E-state index is 0.244. The van der Waals surface area contributed by atoms with Crippen molar-refractivity contribution in [2.45, 2.75) is 44.5 Å². The third-order valence-electron chi connectivity index (χ3n) is 6.22. The fourth-order valence-electron chi connectivity index (χ4n) is 4.67. The summed E-state index contributed by atoms with van der Waals surface area (Å²) in [7, 11) is 1.68. The summed E-state index contributed by atoms with van der Waals surface area (Å²) in [5, 5.41) is 9.55. The van der Waals surface area contributed by atoms with Crippen LogP contribution in [0.25, 0.3) is 0 Å². The molecule has 5 heteroatoms. The van der Waals surface area contributed by atoms with E-state index >= 15 is 0 Å². The molecule has 0 spiro atoms. The van der Waals surface area contributed by atoms with Gasteiger partial charge in [-0.25, -0.2) is 0 Å². The molecule has 2 aromatic carbocycles. The first-order chi connectivity index (χ1) is 14.3. The van der Waals surface area contributed by atoms with Gasteiger partial charge in [-0.05, 0) is 49.1 Å². The molecule has 1 N–H and O–H groups in total. The van der Waals surface area contributed by atoms with Crippen LogP contribution in [0.5, 0.6) is 11.5 Å². The van der Waals surface area contributed by atoms with E-state index in [1.165, 1.54) is 24.9 Å². The minimum Gasteiger partial charge on any atom is -0.493 e. The highest BCUT2D eigenvalue weighted by atomic mass is 16.5. The van der Waals surface area contributed by atoms with Gasteiger partial charge in [-0.3, -0.25) is 9.80 Å². The predicted octanol–water partition coefficient (Wildman–Crippen LogP) is 3.31. The van der Waals surface area contributed by atoms with Crippen LogP contribution in [0.15, 0.2) is 48.5 Å². The topological polar surface area (TPSA) is 45.2 Å². The smallest absolute Gasteiger partial charge is 0.161 e. The van der Waals surface area contributed by atoms with Gasteiger partial charge in [-0.15, -0.1) is 0 Å². The van der Waals surface area contributed by atoms with E-state index in [1.54, 1.807) is 7.11 Å². The van der Waals surface area contributed by atoms with E-state index in [0.29, 0.717) is 18.7 Å². The van der Waals surface area contributed by atoms with Crippen molar-refractivity contribution in [1.29, 1.82) is 0 Å². The molecule has 0 aromatic heterocycles. The number of hydrogen-bond acceptors (Lipinski definition) is 5. The van der Waals surface area contributed by atoms with E-state index in [-0.39, 0.29) is 6.61 Å². The Morgan fingerprint density at radius 3 is 2.69 bits per heavy atom. The van der Waals surface area contributed by atoms with Crippen molar-refractivity contribution < 1.29 is 14.6 Å². The largest absolute Gasteiger partial charge is 0.493 e. The molecular formula is C24H32N2O3. The van der Waals surface area contributed by atoms with Crippen LogP contribution in [0.4, 0.5) is 0 Å². The molecule has 2 aliphatic rings. The van der Waals surface area contributed by atoms with E-state index in [2.05, 4.69) is 34.1 Å². The molecule has 2 fully saturated rings. The molecule has 2 heterocycles. The zero-order chi connectivity index (χ0) is 20.1. The van der Waals surface area contributed by atoms with Crippen LogP contribution >= 0.6 is 0 Å². The van der Waals surface area contributed by atoms with E-state index in [1.807, 2.05) is 24.3 Å². The van der Waals surface area contributed by atoms with Gasteiger partial charge in [0.15, 0.2) is 11.5 Å². The number of methoxy groups -OCH3 is 1. The summed E-state index contributed by atoms with van der Waals surface area (Å²) in [5.41, 5.74) is 2.36. The fourth-order valence-corrected chi connectivity index (χ4v) is 4.67. The molecule has 2 atom stereocenters. The Kier molecular flexibility index (Phi) is 6.70. The number of nitrogens with zero attached hydrogens (tertiary/aromatic N) is 2. The summed E-state index contributed by atoms with van der Waals surface area (Å²) in [6.45, 7) is 5.00. The Morgan fingerprint density at radius 2 is 1.90 bits per heavy atom. The van der Waals surface area contributed by atoms with E-state index in [9.17, 15) is 5.11 Å². The number of rotatable bonds is 8. The molecule has 2 aromatic rings. The van der Waals surface area contributed by atoms with Crippen LogP contribution in [0.3, 0.4) is 0 Å². The van der Waals surface area contributed by atoms with Crippen LogP contribution < -0.4 is 9.47 Å². The average Bonchev–Trinajstić information content (AvgIpc) is 3.21. The maximum atomic E-state index is 9.55. The van der Waals surface area contributed by atoms with Crippen LogP contribution in [0.1, 0.15) is 30.4 Å². The van der Waals surface area contributed by atoms with Gasteiger partial charge >= 0.3 is 0 Å². The summed E-state index contributed by atoms with van der Waals surface area (Å²) < 4.78 is 11.6. The maximum absolute atomic E-state index is 9.55. The number of hydrogen-bond donors (Lipinski definition) is 1. The van der Waals surface area contributed by atoms with Gasteiger partial charge in [0.05, 0.1) is 7.11 Å². The van der Waals surface area contributed by atoms with Crippen LogP contribution in [0.2, 0.25) is 0 Å². The Morgan fingerprint density at radius 1 is 1.03 bits per heavy atom. The summed E-state index contributed by atoms with van der Waals surface area (Å²) in [6.07, 6.45) is 3.41. The van der Waals surface area contributed by atoms with Gasteiger partial charge in [0.2, 0.25) is 0 Å². The lowest BCUT2D eigenvalue weighted by atomic mass is 10.0. The van der Waals surface area contributed by atoms with Gasteiger partial charge in [0.25, 0.3) is 0 Å². The second-order valence-corrected chi connectivity index (χ2v) is 8.15. The standard InChI is InChI=1S/C24H32N2O3/c1-28-23-10-9-20(14-24(23)29-18-19-6-3-2-4-7-19)15-26-17-21-8-5-12-25(21)16-22(26)11-13-27/h2-4,6-7,9-10,14,21-22,27H,5,8,11-13,15-18H2,1H3/t21-,22-/m0/s1. The van der Waals surface area contributed by atoms with E-state index in [4.69, 9.17) is 9.47 Å². The number of ether oxygens (including phenoxy) is 2. The predicted molar refractivity (Wildman–Crippen MR) is 114 cm³/mol. The molecule has 156 valence electrons. The van der Waals surface area contributed by atoms with Crippen molar-refractivity contribution in [2.24, 2.45) is 0 Å². The molecule has 2 saturated heterocycles. The van der Waals surface area contributed by atoms with E-state index in [0.717, 1.165) is 43.1 Å². The van der Waals surface area contributed by atoms with Crippen molar-refractivity contribution in [1.82, 2.24) is 9.80 Å². The van der Waals surface area contributed by atoms with Gasteiger partial charge < -0.3 is 14.6 Å². The van der Waals surface area contributed by atoms with Gasteiger partial charge in [0.1, 0.15) is 6.61 Å². The monoisotopic (exact) mass is 396 g/mol. The Bertz CT molecular complexity index is 783. The molecular weight excluding hydrogens is 364 g/mol. The highest BCUT2D eigenvalue weighted by Gasteiger charge is 2.35. The molecule has 0 radical (unpaired) electrons. The number of fused-ring (bicyclic) bond motifs is 1. The number of aliphatic hydroxyl groups is 1. The molecule has 0 amide bonds.